The van der Waals surface area contributed by atoms with Gasteiger partial charge in [0.05, 0.1) is 173 Å². The maximum absolute atomic E-state index is 12.7. The number of aromatic nitrogens is 16. The predicted molar refractivity (Wildman–Crippen MR) is 502 cm³/mol. The molecule has 10 aromatic rings. The lowest BCUT2D eigenvalue weighted by atomic mass is 10.2. The molecule has 718 valence electrons. The van der Waals surface area contributed by atoms with E-state index in [1.807, 2.05) is 36.6 Å². The molecular weight excluding hydrogens is 1910 g/mol. The highest BCUT2D eigenvalue weighted by Crippen LogP contribution is 2.26. The molecule has 7 aliphatic heterocycles. The molecule has 0 saturated carbocycles. The molecular formula is C82H119BrCl7N24O16+. The number of anilines is 1. The van der Waals surface area contributed by atoms with Crippen molar-refractivity contribution in [1.82, 2.24) is 103 Å². The molecule has 0 radical (unpaired) electrons. The van der Waals surface area contributed by atoms with E-state index in [0.717, 1.165) is 50.6 Å². The van der Waals surface area contributed by atoms with Gasteiger partial charge in [0.2, 0.25) is 34.0 Å². The quantitative estimate of drug-likeness (QED) is 0.0140. The molecule has 7 aliphatic rings. The van der Waals surface area contributed by atoms with E-state index in [1.165, 1.54) is 72.5 Å². The number of rotatable bonds is 23. The Labute approximate surface area is 811 Å². The van der Waals surface area contributed by atoms with Gasteiger partial charge in [-0.25, -0.2) is 24.5 Å². The van der Waals surface area contributed by atoms with Crippen LogP contribution in [0.15, 0.2) is 71.3 Å². The van der Waals surface area contributed by atoms with Crippen LogP contribution in [0.5, 0.6) is 11.8 Å². The smallest absolute Gasteiger partial charge is 0.316 e. The van der Waals surface area contributed by atoms with Crippen LogP contribution in [0.3, 0.4) is 0 Å². The summed E-state index contributed by atoms with van der Waals surface area (Å²) in [5.74, 6) is 0.909. The lowest BCUT2D eigenvalue weighted by Crippen LogP contribution is -2.44. The minimum absolute atomic E-state index is 0.0482. The first-order valence-electron chi connectivity index (χ1n) is 46.5. The first-order valence-corrected chi connectivity index (χ1v) is 45.3. The van der Waals surface area contributed by atoms with Gasteiger partial charge in [-0.05, 0) is 103 Å². The highest BCUT2D eigenvalue weighted by atomic mass is 79.9. The number of H-pyrrole nitrogens is 4. The van der Waals surface area contributed by atoms with Crippen molar-refractivity contribution in [3.8, 4) is 11.8 Å². The second-order valence-electron chi connectivity index (χ2n) is 28.3. The Hall–Kier alpha value is -7.35. The average molecular weight is 2040 g/mol. The van der Waals surface area contributed by atoms with E-state index in [9.17, 15) is 19.2 Å². The molecule has 40 nitrogen and oxygen atoms in total. The normalized spacial score (nSPS) is 18.0. The average Bonchev–Trinajstić information content (AvgIpc) is 1.61. The number of morpholine rings is 6. The molecule has 0 unspecified atom stereocenters. The number of β-amino-alcohol motifs (C(OH)–C–C–N with tert-alkyl or cyclic N) is 2. The van der Waals surface area contributed by atoms with Crippen LogP contribution >= 0.6 is 97.1 Å². The summed E-state index contributed by atoms with van der Waals surface area (Å²) in [6.07, 6.45) is 9.57. The van der Waals surface area contributed by atoms with E-state index in [-0.39, 0.29) is 94.5 Å². The summed E-state index contributed by atoms with van der Waals surface area (Å²) in [6.45, 7) is 14.9. The second-order valence-corrected chi connectivity index (χ2v) is 31.5. The number of methoxy groups -OCH3 is 2. The summed E-state index contributed by atoms with van der Waals surface area (Å²) in [5, 5.41) is 23.1. The first-order chi connectivity index (χ1) is 66.6. The van der Waals surface area contributed by atoms with Gasteiger partial charge in [0.25, 0.3) is 28.2 Å². The molecule has 0 spiro atoms. The number of hydrogen-bond donors (Lipinski definition) is 8. The third-order valence-corrected chi connectivity index (χ3v) is 21.5. The number of ketones is 1. The summed E-state index contributed by atoms with van der Waals surface area (Å²) in [6, 6.07) is 10.6. The number of carbonyl (C=O) groups is 2. The topological polar surface area (TPSA) is 451 Å². The monoisotopic (exact) mass is 2030 g/mol. The highest BCUT2D eigenvalue weighted by Gasteiger charge is 2.23. The largest absolute Gasteiger partial charge is 0.479 e. The number of nitrogens with one attached hydrogen (secondary N) is 5. The zero-order valence-electron chi connectivity index (χ0n) is 82.6. The molecule has 0 atom stereocenters. The Balaban J connectivity index is 0.000000198. The Kier molecular flexibility index (Phi) is 44.0. The summed E-state index contributed by atoms with van der Waals surface area (Å²) in [7, 11) is 2.98. The summed E-state index contributed by atoms with van der Waals surface area (Å²) in [4.78, 5) is 104. The molecule has 9 N–H and O–H groups in total. The standard InChI is InChI=1S/C18H20Cl2N6O2.C12H16ClN5O2.C11H14ClN5O2.C7H7Cl2N.C7H13NO2.C6H5ClN4O.2C6H13NO2.C5H10O.C4H7BrO2/c19-13-2-1-12(9-14(13)20)10-21-18-23-16-15(17(27)24-18)26(11-22-16)4-3-25-5-7-28-8-6-25;1-19-11-9-10(15-12(13)16-11)14-8-18(9)3-2-17-4-6-20-7-5-17;12-11-14-9-8(10(18)15-11)17(7-13-9)2-1-16-3-5-19-6-4-16;8-6-2-1-5(4-10)3-7(6)9;1-7(9)6-8-2-4-10-5-3-8;1-12-5-3-4(9-2-8-3)10-6(7)11-5;2*8-4-1-7-2-5-9-6-3-7;1-2-4-6-5-3-1;1-2-7-4(6)3-5/h1-2,9,11H,3-8,10H2,(H2,21,23,24,27);8H,2-7H2,1H3;7H,1-6H2,(H,14,15,18);1-3H,4,10H2;2-6H2,1H3;2H,1H3,(H,8,9,10,11);2*8H,1-6H2;1-5H2;2-3H2,1H3/p+1/i4D2;3D2;2D2;;;;2*4D2;;. The van der Waals surface area contributed by atoms with E-state index in [2.05, 4.69) is 95.7 Å². The van der Waals surface area contributed by atoms with Crippen molar-refractivity contribution < 1.29 is 85.4 Å². The van der Waals surface area contributed by atoms with E-state index in [0.29, 0.717) is 211 Å². The summed E-state index contributed by atoms with van der Waals surface area (Å²) < 4.78 is 133. The number of aromatic amines is 4. The molecule has 0 aliphatic carbocycles. The van der Waals surface area contributed by atoms with E-state index < -0.39 is 43.7 Å². The number of ether oxygens (including phenoxy) is 10. The van der Waals surface area contributed by atoms with Crippen LogP contribution in [0.4, 0.5) is 5.95 Å². The molecule has 2 aromatic carbocycles. The Morgan fingerprint density at radius 1 is 0.546 bits per heavy atom. The van der Waals surface area contributed by atoms with Gasteiger partial charge in [-0.3, -0.25) is 58.5 Å². The van der Waals surface area contributed by atoms with Crippen LogP contribution in [0, 0.1) is 0 Å². The number of carbonyl (C=O) groups excluding carboxylic acids is 2. The minimum Gasteiger partial charge on any atom is -0.479 e. The lowest BCUT2D eigenvalue weighted by molar-refractivity contribution is -0.671. The van der Waals surface area contributed by atoms with Crippen LogP contribution in [-0.2, 0) is 80.1 Å². The third-order valence-electron chi connectivity index (χ3n) is 19.0. The first kappa shape index (κ1) is 93.1. The number of esters is 1. The number of benzene rings is 2. The summed E-state index contributed by atoms with van der Waals surface area (Å²) in [5.41, 5.74) is 8.76. The molecule has 0 amide bonds. The number of hydrogen-bond acceptors (Lipinski definition) is 33. The van der Waals surface area contributed by atoms with Crippen molar-refractivity contribution in [2.45, 2.75) is 65.7 Å². The fourth-order valence-corrected chi connectivity index (χ4v) is 13.5. The molecule has 17 rings (SSSR count). The lowest BCUT2D eigenvalue weighted by Gasteiger charge is -2.26. The molecule has 130 heavy (non-hydrogen) atoms. The number of alkyl halides is 1. The van der Waals surface area contributed by atoms with Gasteiger partial charge in [-0.15, -0.1) is 0 Å². The number of nitrogens with two attached hydrogens (primary N) is 1. The van der Waals surface area contributed by atoms with Crippen molar-refractivity contribution in [3.63, 3.8) is 0 Å². The van der Waals surface area contributed by atoms with Crippen molar-refractivity contribution >= 4 is 159 Å². The van der Waals surface area contributed by atoms with Crippen LogP contribution in [-0.4, -0.2) is 375 Å². The van der Waals surface area contributed by atoms with Gasteiger partial charge in [-0.1, -0.05) is 74.5 Å². The number of imidazole rings is 4. The highest BCUT2D eigenvalue weighted by molar-refractivity contribution is 9.09. The summed E-state index contributed by atoms with van der Waals surface area (Å²) >= 11 is 43.4. The van der Waals surface area contributed by atoms with Gasteiger partial charge < -0.3 is 82.8 Å². The Bertz CT molecular complexity index is 5510. The van der Waals surface area contributed by atoms with Crippen molar-refractivity contribution in [3.05, 3.63) is 129 Å². The number of halogens is 8. The van der Waals surface area contributed by atoms with Crippen LogP contribution in [0.2, 0.25) is 35.9 Å². The molecule has 8 aromatic heterocycles. The fourth-order valence-electron chi connectivity index (χ4n) is 12.3. The van der Waals surface area contributed by atoms with Gasteiger partial charge >= 0.3 is 5.97 Å². The SMILES string of the molecule is C1CCOCC1.CC(=O)CN1CCOCC1.CCOC(=O)CBr.COc1nc(Cl)nc2nc[nH]c12.NCc1ccc(Cl)c(Cl)c1.[2H]C([2H])(CN1CCOCC1)[n+]1c[nH]c2nc(Cl)nc(OC)c21.[2H]C([2H])(CN1CCOCC1)n1cnc2nc(Cl)[nH]c(=O)c21.[2H]C([2H])(CN1CCOCC1)n1cnc2nc(NCc3ccc(Cl)c(Cl)c3)[nH]c(=O)c21.[2H]C([2H])(O)CN1CCOCC1.[2H]C([2H])(O)CN1CCOCC1. The fraction of sp³-hybridized carbons (Fsp3) is 0.585. The van der Waals surface area contributed by atoms with Gasteiger partial charge in [0.15, 0.2) is 28.0 Å². The third kappa shape index (κ3) is 38.9. The van der Waals surface area contributed by atoms with E-state index in [1.54, 1.807) is 38.1 Å². The number of aliphatic hydroxyl groups is 2. The molecule has 7 fully saturated rings. The van der Waals surface area contributed by atoms with Gasteiger partial charge in [-0.2, -0.15) is 29.9 Å². The maximum atomic E-state index is 12.7. The van der Waals surface area contributed by atoms with E-state index in [4.69, 9.17) is 153 Å². The zero-order chi connectivity index (χ0) is 102. The zero-order valence-corrected chi connectivity index (χ0v) is 79.5. The Morgan fingerprint density at radius 3 is 1.45 bits per heavy atom. The maximum Gasteiger partial charge on any atom is 0.316 e. The van der Waals surface area contributed by atoms with Crippen molar-refractivity contribution in [1.29, 1.82) is 0 Å². The van der Waals surface area contributed by atoms with Gasteiger partial charge in [0.1, 0.15) is 23.1 Å². The van der Waals surface area contributed by atoms with E-state index >= 15 is 0 Å². The molecule has 7 saturated heterocycles. The van der Waals surface area contributed by atoms with Crippen LogP contribution < -0.4 is 36.2 Å². The molecule has 0 bridgehead atoms. The predicted octanol–water partition coefficient (Wildman–Crippen LogP) is 6.84. The molecule has 48 heteroatoms. The van der Waals surface area contributed by atoms with Crippen molar-refractivity contribution in [2.24, 2.45) is 5.73 Å². The number of fused-ring (bicyclic) bond motifs is 4. The van der Waals surface area contributed by atoms with Crippen LogP contribution in [0.1, 0.15) is 57.9 Å². The van der Waals surface area contributed by atoms with Crippen LogP contribution in [0.25, 0.3) is 44.7 Å². The Morgan fingerprint density at radius 2 is 1.00 bits per heavy atom. The number of Topliss-reactive ketones (excluding diaryl/α,β-unsaturated/α-hetero) is 1. The minimum atomic E-state index is -2.07. The second kappa shape index (κ2) is 61.5. The van der Waals surface area contributed by atoms with Crippen molar-refractivity contribution in [2.75, 3.05) is 255 Å². The molecule has 15 heterocycles. The number of nitrogens with zero attached hydrogens (tertiary/aromatic N) is 18. The van der Waals surface area contributed by atoms with Gasteiger partial charge in [0, 0.05) is 151 Å².